The SMILES string of the molecule is S=c1[nH]nc(SCc2ccc(Cl)cc2)s1. The van der Waals surface area contributed by atoms with E-state index in [4.69, 9.17) is 23.8 Å². The zero-order valence-corrected chi connectivity index (χ0v) is 10.8. The van der Waals surface area contributed by atoms with E-state index in [9.17, 15) is 0 Å². The van der Waals surface area contributed by atoms with Crippen LogP contribution in [0.3, 0.4) is 0 Å². The number of aromatic amines is 1. The van der Waals surface area contributed by atoms with Crippen molar-refractivity contribution in [2.24, 2.45) is 0 Å². The topological polar surface area (TPSA) is 28.7 Å². The molecule has 2 rings (SSSR count). The molecule has 0 saturated heterocycles. The van der Waals surface area contributed by atoms with Crippen LogP contribution >= 0.6 is 46.9 Å². The first kappa shape index (κ1) is 11.1. The van der Waals surface area contributed by atoms with Crippen molar-refractivity contribution < 1.29 is 0 Å². The Morgan fingerprint density at radius 3 is 2.73 bits per heavy atom. The first-order valence-corrected chi connectivity index (χ1v) is 6.75. The monoisotopic (exact) mass is 274 g/mol. The number of halogens is 1. The Morgan fingerprint density at radius 2 is 2.13 bits per heavy atom. The van der Waals surface area contributed by atoms with Gasteiger partial charge in [-0.1, -0.05) is 46.8 Å². The fourth-order valence-corrected chi connectivity index (χ4v) is 3.17. The van der Waals surface area contributed by atoms with Crippen LogP contribution in [0, 0.1) is 3.95 Å². The average molecular weight is 275 g/mol. The molecule has 0 fully saturated rings. The molecule has 2 aromatic rings. The van der Waals surface area contributed by atoms with E-state index in [0.29, 0.717) is 3.95 Å². The molecule has 1 aromatic heterocycles. The summed E-state index contributed by atoms with van der Waals surface area (Å²) in [6, 6.07) is 7.82. The zero-order valence-electron chi connectivity index (χ0n) is 7.57. The molecule has 0 spiro atoms. The summed E-state index contributed by atoms with van der Waals surface area (Å²) < 4.78 is 1.68. The summed E-state index contributed by atoms with van der Waals surface area (Å²) in [6.45, 7) is 0. The molecule has 0 radical (unpaired) electrons. The second-order valence-electron chi connectivity index (χ2n) is 2.79. The lowest BCUT2D eigenvalue weighted by Gasteiger charge is -1.98. The lowest BCUT2D eigenvalue weighted by Crippen LogP contribution is -1.79. The van der Waals surface area contributed by atoms with Crippen molar-refractivity contribution in [1.29, 1.82) is 0 Å². The van der Waals surface area contributed by atoms with Gasteiger partial charge < -0.3 is 0 Å². The quantitative estimate of drug-likeness (QED) is 0.673. The Kier molecular flexibility index (Phi) is 3.80. The maximum absolute atomic E-state index is 5.80. The Balaban J connectivity index is 1.99. The molecule has 15 heavy (non-hydrogen) atoms. The van der Waals surface area contributed by atoms with Gasteiger partial charge in [0.15, 0.2) is 8.29 Å². The smallest absolute Gasteiger partial charge is 0.177 e. The molecule has 1 heterocycles. The highest BCUT2D eigenvalue weighted by atomic mass is 35.5. The molecule has 0 aliphatic heterocycles. The summed E-state index contributed by atoms with van der Waals surface area (Å²) in [5.41, 5.74) is 1.23. The van der Waals surface area contributed by atoms with Crippen LogP contribution in [0.5, 0.6) is 0 Å². The molecule has 0 aliphatic carbocycles. The third kappa shape index (κ3) is 3.31. The van der Waals surface area contributed by atoms with Crippen LogP contribution in [0.25, 0.3) is 0 Å². The van der Waals surface area contributed by atoms with Crippen LogP contribution in [-0.4, -0.2) is 10.2 Å². The maximum atomic E-state index is 5.80. The van der Waals surface area contributed by atoms with E-state index < -0.39 is 0 Å². The molecule has 0 amide bonds. The van der Waals surface area contributed by atoms with E-state index in [0.717, 1.165) is 15.1 Å². The van der Waals surface area contributed by atoms with Gasteiger partial charge in [-0.15, -0.1) is 0 Å². The lowest BCUT2D eigenvalue weighted by atomic mass is 10.2. The van der Waals surface area contributed by atoms with Gasteiger partial charge in [0.1, 0.15) is 0 Å². The first-order valence-electron chi connectivity index (χ1n) is 4.17. The largest absolute Gasteiger partial charge is 0.257 e. The highest BCUT2D eigenvalue weighted by molar-refractivity contribution is 8.00. The molecular formula is C9H7ClN2S3. The molecule has 1 aromatic carbocycles. The van der Waals surface area contributed by atoms with E-state index in [1.165, 1.54) is 16.9 Å². The number of thioether (sulfide) groups is 1. The van der Waals surface area contributed by atoms with Crippen molar-refractivity contribution in [2.75, 3.05) is 0 Å². The average Bonchev–Trinajstić information content (AvgIpc) is 2.64. The number of nitrogens with one attached hydrogen (secondary N) is 1. The number of hydrogen-bond donors (Lipinski definition) is 1. The van der Waals surface area contributed by atoms with E-state index in [1.807, 2.05) is 24.3 Å². The van der Waals surface area contributed by atoms with Crippen molar-refractivity contribution in [2.45, 2.75) is 10.1 Å². The number of hydrogen-bond acceptors (Lipinski definition) is 4. The minimum atomic E-state index is 0.716. The van der Waals surface area contributed by atoms with Crippen LogP contribution in [0.4, 0.5) is 0 Å². The van der Waals surface area contributed by atoms with Gasteiger partial charge in [0.05, 0.1) is 0 Å². The normalized spacial score (nSPS) is 10.5. The molecule has 0 aliphatic rings. The minimum Gasteiger partial charge on any atom is -0.257 e. The van der Waals surface area contributed by atoms with E-state index >= 15 is 0 Å². The van der Waals surface area contributed by atoms with Crippen LogP contribution in [-0.2, 0) is 5.75 Å². The number of benzene rings is 1. The minimum absolute atomic E-state index is 0.716. The fraction of sp³-hybridized carbons (Fsp3) is 0.111. The summed E-state index contributed by atoms with van der Waals surface area (Å²) in [5.74, 6) is 0.882. The van der Waals surface area contributed by atoms with Gasteiger partial charge in [0.2, 0.25) is 0 Å². The maximum Gasteiger partial charge on any atom is 0.177 e. The molecule has 78 valence electrons. The summed E-state index contributed by atoms with van der Waals surface area (Å²) in [5, 5.41) is 7.59. The van der Waals surface area contributed by atoms with Crippen LogP contribution < -0.4 is 0 Å². The summed E-state index contributed by atoms with van der Waals surface area (Å²) in [6.07, 6.45) is 0. The predicted molar refractivity (Wildman–Crippen MR) is 68.3 cm³/mol. The Hall–Kier alpha value is -0.360. The number of rotatable bonds is 3. The van der Waals surface area contributed by atoms with Crippen LogP contribution in [0.2, 0.25) is 5.02 Å². The summed E-state index contributed by atoms with van der Waals surface area (Å²) in [7, 11) is 0. The molecule has 0 atom stereocenters. The van der Waals surface area contributed by atoms with E-state index in [-0.39, 0.29) is 0 Å². The second kappa shape index (κ2) is 5.12. The van der Waals surface area contributed by atoms with Crippen molar-refractivity contribution in [1.82, 2.24) is 10.2 Å². The standard InChI is InChI=1S/C9H7ClN2S3/c10-7-3-1-6(2-4-7)5-14-9-12-11-8(13)15-9/h1-4H,5H2,(H,11,13). The Bertz CT molecular complexity index is 489. The van der Waals surface area contributed by atoms with Crippen molar-refractivity contribution in [3.05, 3.63) is 38.8 Å². The van der Waals surface area contributed by atoms with Crippen LogP contribution in [0.1, 0.15) is 5.56 Å². The van der Waals surface area contributed by atoms with Gasteiger partial charge in [-0.25, -0.2) is 0 Å². The first-order chi connectivity index (χ1) is 7.24. The van der Waals surface area contributed by atoms with Crippen LogP contribution in [0.15, 0.2) is 28.6 Å². The molecule has 0 unspecified atom stereocenters. The Labute approximate surface area is 106 Å². The van der Waals surface area contributed by atoms with Gasteiger partial charge in [-0.3, -0.25) is 5.10 Å². The summed E-state index contributed by atoms with van der Waals surface area (Å²) in [4.78, 5) is 0. The predicted octanol–water partition coefficient (Wildman–Crippen LogP) is 4.15. The lowest BCUT2D eigenvalue weighted by molar-refractivity contribution is 1.00. The highest BCUT2D eigenvalue weighted by Gasteiger charge is 1.99. The summed E-state index contributed by atoms with van der Waals surface area (Å²) >= 11 is 13.9. The third-order valence-corrected chi connectivity index (χ3v) is 4.25. The second-order valence-corrected chi connectivity index (χ2v) is 6.12. The van der Waals surface area contributed by atoms with Gasteiger partial charge in [-0.05, 0) is 29.9 Å². The van der Waals surface area contributed by atoms with E-state index in [2.05, 4.69) is 10.2 Å². The molecular weight excluding hydrogens is 268 g/mol. The molecule has 1 N–H and O–H groups in total. The van der Waals surface area contributed by atoms with Crippen molar-refractivity contribution >= 4 is 46.9 Å². The molecule has 0 saturated carbocycles. The van der Waals surface area contributed by atoms with Gasteiger partial charge >= 0.3 is 0 Å². The van der Waals surface area contributed by atoms with Gasteiger partial charge in [0.25, 0.3) is 0 Å². The number of aromatic nitrogens is 2. The third-order valence-electron chi connectivity index (χ3n) is 1.69. The van der Waals surface area contributed by atoms with Crippen molar-refractivity contribution in [3.8, 4) is 0 Å². The van der Waals surface area contributed by atoms with Gasteiger partial charge in [-0.2, -0.15) is 5.10 Å². The molecule has 6 heteroatoms. The fourth-order valence-electron chi connectivity index (χ4n) is 1.00. The Morgan fingerprint density at radius 1 is 1.40 bits per heavy atom. The van der Waals surface area contributed by atoms with E-state index in [1.54, 1.807) is 11.8 Å². The zero-order chi connectivity index (χ0) is 10.7. The highest BCUT2D eigenvalue weighted by Crippen LogP contribution is 2.24. The number of nitrogens with zero attached hydrogens (tertiary/aromatic N) is 1. The number of H-pyrrole nitrogens is 1. The molecule has 2 nitrogen and oxygen atoms in total. The van der Waals surface area contributed by atoms with Crippen molar-refractivity contribution in [3.63, 3.8) is 0 Å². The van der Waals surface area contributed by atoms with Gasteiger partial charge in [0, 0.05) is 10.8 Å². The molecule has 0 bridgehead atoms.